The van der Waals surface area contributed by atoms with Gasteiger partial charge in [-0.3, -0.25) is 0 Å². The molecule has 0 aromatic carbocycles. The normalized spacial score (nSPS) is 33.1. The topological polar surface area (TPSA) is 232 Å². The molecular formula is C18H32N2O10Pt. The van der Waals surface area contributed by atoms with Gasteiger partial charge in [0.05, 0.1) is 18.5 Å². The zero-order valence-corrected chi connectivity index (χ0v) is 19.3. The Labute approximate surface area is 194 Å². The van der Waals surface area contributed by atoms with Gasteiger partial charge in [0.25, 0.3) is 0 Å². The molecule has 31 heavy (non-hydrogen) atoms. The van der Waals surface area contributed by atoms with E-state index in [4.69, 9.17) is 26.0 Å². The van der Waals surface area contributed by atoms with Gasteiger partial charge < -0.3 is 61.2 Å². The molecule has 13 heteroatoms. The number of nitrogens with two attached hydrogens (primary N) is 2. The van der Waals surface area contributed by atoms with Crippen LogP contribution in [0, 0.1) is 5.92 Å². The maximum Gasteiger partial charge on any atom is 2.00 e. The third-order valence-electron chi connectivity index (χ3n) is 5.21. The van der Waals surface area contributed by atoms with Gasteiger partial charge in [-0.25, -0.2) is 0 Å². The molecule has 1 aliphatic carbocycles. The number of hydrogen-bond acceptors (Lipinski definition) is 12. The van der Waals surface area contributed by atoms with Gasteiger partial charge in [0, 0.05) is 24.6 Å². The number of aliphatic carboxylic acids is 2. The van der Waals surface area contributed by atoms with Crippen molar-refractivity contribution in [2.24, 2.45) is 17.4 Å². The summed E-state index contributed by atoms with van der Waals surface area (Å²) in [7, 11) is 0. The fourth-order valence-corrected chi connectivity index (χ4v) is 3.21. The van der Waals surface area contributed by atoms with Crippen LogP contribution in [0.15, 0.2) is 0 Å². The minimum absolute atomic E-state index is 0. The average molecular weight is 632 g/mol. The molecule has 0 amide bonds. The van der Waals surface area contributed by atoms with Gasteiger partial charge in [-0.2, -0.15) is 0 Å². The molecule has 2 rings (SSSR count). The maximum atomic E-state index is 10.5. The Bertz CT molecular complexity index is 517. The Kier molecular flexibility index (Phi) is 14.9. The minimum Gasteiger partial charge on any atom is -0.549 e. The van der Waals surface area contributed by atoms with Crippen molar-refractivity contribution >= 4 is 11.9 Å². The van der Waals surface area contributed by atoms with E-state index < -0.39 is 55.2 Å². The predicted octanol–water partition coefficient (Wildman–Crippen LogP) is -5.09. The molecule has 0 bridgehead atoms. The van der Waals surface area contributed by atoms with E-state index in [1.165, 1.54) is 12.8 Å². The van der Waals surface area contributed by atoms with Gasteiger partial charge in [0.1, 0.15) is 24.4 Å². The number of carbonyl (C=O) groups is 2. The second-order valence-electron chi connectivity index (χ2n) is 7.51. The van der Waals surface area contributed by atoms with Crippen molar-refractivity contribution in [3.8, 4) is 0 Å². The molecule has 0 spiro atoms. The molecule has 184 valence electrons. The second kappa shape index (κ2) is 15.2. The molecule has 0 unspecified atom stereocenters. The molecule has 1 saturated heterocycles. The number of rotatable bonds is 8. The second-order valence-corrected chi connectivity index (χ2v) is 7.51. The molecular weight excluding hydrogens is 599 g/mol. The smallest absolute Gasteiger partial charge is 0.549 e. The summed E-state index contributed by atoms with van der Waals surface area (Å²) in [6.07, 6.45) is -2.66. The Hall–Kier alpha value is -0.692. The molecule has 0 aromatic rings. The van der Waals surface area contributed by atoms with E-state index in [0.29, 0.717) is 0 Å². The molecule has 2 aliphatic rings. The van der Waals surface area contributed by atoms with E-state index in [1.54, 1.807) is 0 Å². The Morgan fingerprint density at radius 1 is 1.00 bits per heavy atom. The molecule has 0 radical (unpaired) electrons. The first-order chi connectivity index (χ1) is 14.1. The summed E-state index contributed by atoms with van der Waals surface area (Å²) < 4.78 is 10.1. The number of aliphatic hydroxyl groups excluding tert-OH is 4. The van der Waals surface area contributed by atoms with Gasteiger partial charge in [-0.1, -0.05) is 12.8 Å². The largest absolute Gasteiger partial charge is 2.00 e. The summed E-state index contributed by atoms with van der Waals surface area (Å²) in [5.74, 6) is -5.32. The summed E-state index contributed by atoms with van der Waals surface area (Å²) in [4.78, 5) is 21.0. The molecule has 1 saturated carbocycles. The van der Waals surface area contributed by atoms with E-state index in [0.717, 1.165) is 12.8 Å². The molecule has 7 atom stereocenters. The summed E-state index contributed by atoms with van der Waals surface area (Å²) in [6.45, 7) is -0.790. The van der Waals surface area contributed by atoms with E-state index in [-0.39, 0.29) is 52.6 Å². The number of hydrogen-bond donors (Lipinski definition) is 6. The standard InChI is InChI=1S/C12H20O10.C6H14N2.Pt/c13-4-6-7(14)8(15)9(16)12(22-6)21-3-1-2-5(10(17)18)11(19)20;7-5-3-1-2-4-6(5)8;/h5-9,12-16H,1-4H2,(H,17,18)(H,19,20);5-6H,1-4,7-8H2;/q;;+2/p-2/t6-,7+,8+,9-,12-;5-,6-;/m11./s1. The molecule has 12 nitrogen and oxygen atoms in total. The molecule has 2 fully saturated rings. The van der Waals surface area contributed by atoms with Gasteiger partial charge in [-0.05, 0) is 25.7 Å². The number of carboxylic acids is 2. The number of carbonyl (C=O) groups excluding carboxylic acids is 2. The summed E-state index contributed by atoms with van der Waals surface area (Å²) in [6, 6.07) is 0.562. The van der Waals surface area contributed by atoms with E-state index in [9.17, 15) is 35.1 Å². The third-order valence-corrected chi connectivity index (χ3v) is 5.21. The Morgan fingerprint density at radius 2 is 1.52 bits per heavy atom. The number of aliphatic hydroxyl groups is 4. The fraction of sp³-hybridized carbons (Fsp3) is 0.889. The van der Waals surface area contributed by atoms with Crippen molar-refractivity contribution in [2.75, 3.05) is 13.2 Å². The van der Waals surface area contributed by atoms with Crippen molar-refractivity contribution < 1.29 is 70.8 Å². The van der Waals surface area contributed by atoms with Gasteiger partial charge >= 0.3 is 21.1 Å². The molecule has 8 N–H and O–H groups in total. The first kappa shape index (κ1) is 30.3. The van der Waals surface area contributed by atoms with Crippen molar-refractivity contribution in [2.45, 2.75) is 81.3 Å². The van der Waals surface area contributed by atoms with Crippen LogP contribution in [-0.2, 0) is 40.1 Å². The number of ether oxygens (including phenoxy) is 2. The Morgan fingerprint density at radius 3 is 1.94 bits per heavy atom. The maximum absolute atomic E-state index is 10.5. The van der Waals surface area contributed by atoms with Crippen LogP contribution in [0.3, 0.4) is 0 Å². The van der Waals surface area contributed by atoms with Crippen LogP contribution in [0.5, 0.6) is 0 Å². The monoisotopic (exact) mass is 631 g/mol. The first-order valence-corrected chi connectivity index (χ1v) is 9.95. The quantitative estimate of drug-likeness (QED) is 0.109. The van der Waals surface area contributed by atoms with Gasteiger partial charge in [-0.15, -0.1) is 0 Å². The van der Waals surface area contributed by atoms with Crippen LogP contribution < -0.4 is 21.7 Å². The van der Waals surface area contributed by atoms with Crippen LogP contribution in [0.1, 0.15) is 38.5 Å². The van der Waals surface area contributed by atoms with Crippen LogP contribution >= 0.6 is 0 Å². The Balaban J connectivity index is 0.000000838. The van der Waals surface area contributed by atoms with Gasteiger partial charge in [0.15, 0.2) is 6.29 Å². The predicted molar refractivity (Wildman–Crippen MR) is 96.9 cm³/mol. The minimum atomic E-state index is -1.78. The van der Waals surface area contributed by atoms with Crippen LogP contribution in [-0.4, -0.2) is 88.4 Å². The van der Waals surface area contributed by atoms with Crippen molar-refractivity contribution in [3.63, 3.8) is 0 Å². The zero-order valence-electron chi connectivity index (χ0n) is 17.0. The first-order valence-electron chi connectivity index (χ1n) is 9.95. The van der Waals surface area contributed by atoms with Crippen LogP contribution in [0.4, 0.5) is 0 Å². The van der Waals surface area contributed by atoms with Crippen LogP contribution in [0.25, 0.3) is 0 Å². The third kappa shape index (κ3) is 9.77. The average Bonchev–Trinajstić information content (AvgIpc) is 2.69. The van der Waals surface area contributed by atoms with Crippen LogP contribution in [0.2, 0.25) is 0 Å². The summed E-state index contributed by atoms with van der Waals surface area (Å²) in [5, 5.41) is 58.7. The summed E-state index contributed by atoms with van der Waals surface area (Å²) in [5.41, 5.74) is 11.3. The van der Waals surface area contributed by atoms with E-state index in [2.05, 4.69) is 0 Å². The van der Waals surface area contributed by atoms with Crippen molar-refractivity contribution in [1.29, 1.82) is 0 Å². The van der Waals surface area contributed by atoms with Crippen molar-refractivity contribution in [3.05, 3.63) is 0 Å². The van der Waals surface area contributed by atoms with E-state index >= 15 is 0 Å². The molecule has 0 aromatic heterocycles. The fourth-order valence-electron chi connectivity index (χ4n) is 3.21. The molecule has 1 aliphatic heterocycles. The van der Waals surface area contributed by atoms with Crippen molar-refractivity contribution in [1.82, 2.24) is 0 Å². The SMILES string of the molecule is N[C@@H]1CCCC[C@H]1N.O=C([O-])C(CCCO[C@@H]1O[C@H](CO)[C@H](O)[C@H](O)[C@H]1O)C(=O)[O-].[Pt+2]. The summed E-state index contributed by atoms with van der Waals surface area (Å²) >= 11 is 0. The zero-order chi connectivity index (χ0) is 22.8. The van der Waals surface area contributed by atoms with Gasteiger partial charge in [0.2, 0.25) is 0 Å². The molecule has 1 heterocycles. The number of carboxylic acid groups (broad SMARTS) is 2. The van der Waals surface area contributed by atoms with E-state index in [1.807, 2.05) is 0 Å².